The molecule has 0 spiro atoms. The number of anilines is 2. The normalized spacial score (nSPS) is 12.3. The lowest BCUT2D eigenvalue weighted by atomic mass is 9.91. The van der Waals surface area contributed by atoms with Crippen LogP contribution in [0.1, 0.15) is 18.5 Å². The lowest BCUT2D eigenvalue weighted by Gasteiger charge is -2.21. The van der Waals surface area contributed by atoms with E-state index in [0.717, 1.165) is 27.6 Å². The smallest absolute Gasteiger partial charge is 0.162 e. The number of H-pyrrole nitrogens is 1. The third-order valence-corrected chi connectivity index (χ3v) is 5.11. The Kier molecular flexibility index (Phi) is 4.24. The Morgan fingerprint density at radius 2 is 1.93 bits per heavy atom. The second kappa shape index (κ2) is 7.07. The van der Waals surface area contributed by atoms with E-state index in [1.807, 2.05) is 31.2 Å². The molecule has 0 aliphatic carbocycles. The highest BCUT2D eigenvalue weighted by Gasteiger charge is 2.20. The number of hydrogen-bond donors (Lipinski definition) is 3. The summed E-state index contributed by atoms with van der Waals surface area (Å²) in [6.07, 6.45) is 4.76. The number of pyridine rings is 1. The van der Waals surface area contributed by atoms with Crippen LogP contribution >= 0.6 is 0 Å². The second-order valence-electron chi connectivity index (χ2n) is 7.03. The zero-order valence-electron chi connectivity index (χ0n) is 16.1. The first-order valence-electron chi connectivity index (χ1n) is 9.45. The van der Waals surface area contributed by atoms with Gasteiger partial charge in [-0.2, -0.15) is 0 Å². The van der Waals surface area contributed by atoms with Gasteiger partial charge in [0.05, 0.1) is 17.9 Å². The van der Waals surface area contributed by atoms with Gasteiger partial charge in [0.1, 0.15) is 17.7 Å². The van der Waals surface area contributed by atoms with Gasteiger partial charge in [-0.05, 0) is 48.4 Å². The molecule has 148 valence electrons. The summed E-state index contributed by atoms with van der Waals surface area (Å²) in [7, 11) is 0. The van der Waals surface area contributed by atoms with Crippen molar-refractivity contribution in [2.24, 2.45) is 0 Å². The van der Waals surface area contributed by atoms with E-state index in [0.29, 0.717) is 22.7 Å². The Bertz CT molecular complexity index is 1380. The summed E-state index contributed by atoms with van der Waals surface area (Å²) in [5.74, 6) is 0.285. The molecule has 7 nitrogen and oxygen atoms in total. The van der Waals surface area contributed by atoms with Gasteiger partial charge in [0.2, 0.25) is 0 Å². The first-order chi connectivity index (χ1) is 14.6. The van der Waals surface area contributed by atoms with Gasteiger partial charge in [0.25, 0.3) is 0 Å². The van der Waals surface area contributed by atoms with Gasteiger partial charge in [-0.15, -0.1) is 0 Å². The molecule has 30 heavy (non-hydrogen) atoms. The highest BCUT2D eigenvalue weighted by molar-refractivity contribution is 6.02. The Morgan fingerprint density at radius 3 is 2.80 bits per heavy atom. The van der Waals surface area contributed by atoms with Gasteiger partial charge >= 0.3 is 0 Å². The molecule has 0 radical (unpaired) electrons. The Hall–Kier alpha value is -4.07. The zero-order chi connectivity index (χ0) is 20.7. The van der Waals surface area contributed by atoms with Crippen LogP contribution in [0.3, 0.4) is 0 Å². The summed E-state index contributed by atoms with van der Waals surface area (Å²) in [6, 6.07) is 11.9. The molecule has 4 N–H and O–H groups in total. The van der Waals surface area contributed by atoms with Gasteiger partial charge in [-0.1, -0.05) is 12.1 Å². The number of nitrogens with two attached hydrogens (primary N) is 1. The van der Waals surface area contributed by atoms with Crippen LogP contribution in [0.25, 0.3) is 33.2 Å². The number of fused-ring (bicyclic) bond motifs is 2. The Balaban J connectivity index is 1.70. The number of nitrogens with zero attached hydrogens (tertiary/aromatic N) is 4. The maximum Gasteiger partial charge on any atom is 0.162 e. The maximum absolute atomic E-state index is 14.1. The van der Waals surface area contributed by atoms with Crippen LogP contribution in [0.2, 0.25) is 0 Å². The molecule has 0 bridgehead atoms. The van der Waals surface area contributed by atoms with Crippen LogP contribution in [0.4, 0.5) is 15.9 Å². The predicted molar refractivity (Wildman–Crippen MR) is 115 cm³/mol. The van der Waals surface area contributed by atoms with Crippen LogP contribution in [0.5, 0.6) is 0 Å². The molecule has 0 aliphatic rings. The molecular weight excluding hydrogens is 381 g/mol. The van der Waals surface area contributed by atoms with Crippen molar-refractivity contribution in [3.8, 4) is 11.1 Å². The number of aromatic nitrogens is 5. The maximum atomic E-state index is 14.1. The number of aromatic amines is 1. The van der Waals surface area contributed by atoms with Gasteiger partial charge in [-0.25, -0.2) is 19.3 Å². The van der Waals surface area contributed by atoms with Crippen LogP contribution < -0.4 is 11.1 Å². The fourth-order valence-corrected chi connectivity index (χ4v) is 3.73. The molecule has 8 heteroatoms. The molecule has 3 heterocycles. The molecule has 0 saturated heterocycles. The van der Waals surface area contributed by atoms with E-state index >= 15 is 0 Å². The van der Waals surface area contributed by atoms with Crippen LogP contribution in [0.15, 0.2) is 61.3 Å². The minimum Gasteiger partial charge on any atom is -0.398 e. The fraction of sp³-hybridized carbons (Fsp3) is 0.0909. The number of hydrogen-bond acceptors (Lipinski definition) is 6. The minimum atomic E-state index is -0.311. The van der Waals surface area contributed by atoms with Gasteiger partial charge in [-0.3, -0.25) is 4.98 Å². The van der Waals surface area contributed by atoms with Crippen LogP contribution in [-0.2, 0) is 0 Å². The highest BCUT2D eigenvalue weighted by atomic mass is 19.1. The summed E-state index contributed by atoms with van der Waals surface area (Å²) in [4.78, 5) is 20.3. The summed E-state index contributed by atoms with van der Waals surface area (Å²) in [5.41, 5.74) is 11.4. The first kappa shape index (κ1) is 18.0. The van der Waals surface area contributed by atoms with E-state index in [9.17, 15) is 4.39 Å². The van der Waals surface area contributed by atoms with Gasteiger partial charge in [0.15, 0.2) is 11.5 Å². The lowest BCUT2D eigenvalue weighted by Crippen LogP contribution is -2.11. The molecule has 0 aliphatic heterocycles. The number of nitrogen functional groups attached to an aromatic ring is 1. The summed E-state index contributed by atoms with van der Waals surface area (Å²) in [6.45, 7) is 1.99. The van der Waals surface area contributed by atoms with Crippen molar-refractivity contribution >= 4 is 33.6 Å². The van der Waals surface area contributed by atoms with E-state index in [4.69, 9.17) is 5.73 Å². The predicted octanol–water partition coefficient (Wildman–Crippen LogP) is 4.46. The third-order valence-electron chi connectivity index (χ3n) is 5.11. The fourth-order valence-electron chi connectivity index (χ4n) is 3.73. The molecular formula is C22H18FN7. The molecule has 2 aromatic carbocycles. The number of imidazole rings is 1. The summed E-state index contributed by atoms with van der Waals surface area (Å²) < 4.78 is 14.1. The average Bonchev–Trinajstić information content (AvgIpc) is 3.23. The molecule has 5 aromatic rings. The van der Waals surface area contributed by atoms with Crippen molar-refractivity contribution in [3.63, 3.8) is 0 Å². The SMILES string of the molecule is CC(Nc1ncnc2[nH]cnc12)c1cc(N)c2cccnc2c1-c1cccc(F)c1. The number of benzene rings is 2. The van der Waals surface area contributed by atoms with E-state index in [1.54, 1.807) is 18.6 Å². The van der Waals surface area contributed by atoms with Crippen molar-refractivity contribution in [2.75, 3.05) is 11.1 Å². The van der Waals surface area contributed by atoms with E-state index in [1.165, 1.54) is 18.5 Å². The standard InChI is InChI=1S/C22H18FN7/c1-12(30-22-20-21(27-10-26-20)28-11-29-22)16-9-17(24)15-6-3-7-25-19(15)18(16)13-4-2-5-14(23)8-13/h2-12H,24H2,1H3,(H2,26,27,28,29,30). The van der Waals surface area contributed by atoms with E-state index in [2.05, 4.69) is 30.2 Å². The molecule has 1 atom stereocenters. The van der Waals surface area contributed by atoms with Crippen LogP contribution in [-0.4, -0.2) is 24.9 Å². The second-order valence-corrected chi connectivity index (χ2v) is 7.03. The van der Waals surface area contributed by atoms with Crippen LogP contribution in [0, 0.1) is 5.82 Å². The Morgan fingerprint density at radius 1 is 1.03 bits per heavy atom. The molecule has 5 rings (SSSR count). The summed E-state index contributed by atoms with van der Waals surface area (Å²) >= 11 is 0. The van der Waals surface area contributed by atoms with Crippen molar-refractivity contribution in [2.45, 2.75) is 13.0 Å². The third kappa shape index (κ3) is 2.98. The molecule has 0 amide bonds. The first-order valence-corrected chi connectivity index (χ1v) is 9.45. The monoisotopic (exact) mass is 399 g/mol. The van der Waals surface area contributed by atoms with Crippen molar-refractivity contribution in [3.05, 3.63) is 72.7 Å². The zero-order valence-corrected chi connectivity index (χ0v) is 16.1. The molecule has 1 unspecified atom stereocenters. The minimum absolute atomic E-state index is 0.216. The van der Waals surface area contributed by atoms with Gasteiger partial charge in [0, 0.05) is 22.8 Å². The number of nitrogens with one attached hydrogen (secondary N) is 2. The average molecular weight is 399 g/mol. The topological polar surface area (TPSA) is 105 Å². The highest BCUT2D eigenvalue weighted by Crippen LogP contribution is 2.38. The van der Waals surface area contributed by atoms with Crippen molar-refractivity contribution in [1.82, 2.24) is 24.9 Å². The molecule has 0 saturated carbocycles. The van der Waals surface area contributed by atoms with Crippen molar-refractivity contribution in [1.29, 1.82) is 0 Å². The Labute approximate surface area is 171 Å². The van der Waals surface area contributed by atoms with Crippen molar-refractivity contribution < 1.29 is 4.39 Å². The number of halogens is 1. The molecule has 0 fully saturated rings. The lowest BCUT2D eigenvalue weighted by molar-refractivity contribution is 0.628. The van der Waals surface area contributed by atoms with E-state index in [-0.39, 0.29) is 11.9 Å². The quantitative estimate of drug-likeness (QED) is 0.385. The number of rotatable bonds is 4. The van der Waals surface area contributed by atoms with E-state index < -0.39 is 0 Å². The summed E-state index contributed by atoms with van der Waals surface area (Å²) in [5, 5.41) is 4.22. The largest absolute Gasteiger partial charge is 0.398 e. The molecule has 3 aromatic heterocycles. The van der Waals surface area contributed by atoms with Gasteiger partial charge < -0.3 is 16.0 Å².